The zero-order valence-corrected chi connectivity index (χ0v) is 16.8. The van der Waals surface area contributed by atoms with Crippen LogP contribution in [0.1, 0.15) is 32.6 Å². The number of halogens is 1. The molecule has 0 aliphatic heterocycles. The van der Waals surface area contributed by atoms with Crippen molar-refractivity contribution in [2.75, 3.05) is 12.4 Å². The molecule has 4 aromatic heterocycles. The van der Waals surface area contributed by atoms with E-state index in [1.165, 1.54) is 6.07 Å². The highest BCUT2D eigenvalue weighted by molar-refractivity contribution is 5.97. The summed E-state index contributed by atoms with van der Waals surface area (Å²) < 4.78 is 21.6. The van der Waals surface area contributed by atoms with Crippen molar-refractivity contribution in [3.05, 3.63) is 36.7 Å². The number of hydrogen-bond acceptors (Lipinski definition) is 6. The van der Waals surface area contributed by atoms with Crippen LogP contribution in [0.15, 0.2) is 30.9 Å². The zero-order chi connectivity index (χ0) is 20.9. The lowest BCUT2D eigenvalue weighted by molar-refractivity contribution is 0.0103. The topological polar surface area (TPSA) is 100 Å². The number of nitrogens with zero attached hydrogens (tertiary/aromatic N) is 4. The molecule has 2 unspecified atom stereocenters. The van der Waals surface area contributed by atoms with Crippen LogP contribution in [0.5, 0.6) is 5.88 Å². The van der Waals surface area contributed by atoms with Crippen LogP contribution in [0.25, 0.3) is 27.8 Å². The molecule has 4 aromatic rings. The Labute approximate surface area is 172 Å². The van der Waals surface area contributed by atoms with Crippen LogP contribution >= 0.6 is 0 Å². The average molecular weight is 410 g/mol. The first-order chi connectivity index (χ1) is 14.5. The van der Waals surface area contributed by atoms with Crippen molar-refractivity contribution < 1.29 is 14.2 Å². The number of anilines is 1. The number of ether oxygens (including phenoxy) is 1. The monoisotopic (exact) mass is 410 g/mol. The van der Waals surface area contributed by atoms with Crippen molar-refractivity contribution in [3.63, 3.8) is 0 Å². The van der Waals surface area contributed by atoms with Gasteiger partial charge in [0.1, 0.15) is 5.65 Å². The minimum Gasteiger partial charge on any atom is -0.480 e. The van der Waals surface area contributed by atoms with Crippen LogP contribution in [0, 0.1) is 5.82 Å². The molecule has 0 radical (unpaired) electrons. The summed E-state index contributed by atoms with van der Waals surface area (Å²) in [6.45, 7) is 1.84. The Balaban J connectivity index is 1.57. The van der Waals surface area contributed by atoms with Crippen LogP contribution < -0.4 is 10.1 Å². The van der Waals surface area contributed by atoms with Gasteiger partial charge in [0, 0.05) is 35.9 Å². The van der Waals surface area contributed by atoms with E-state index in [1.807, 2.05) is 6.92 Å². The molecular weight excluding hydrogens is 387 g/mol. The Bertz CT molecular complexity index is 1230. The van der Waals surface area contributed by atoms with Gasteiger partial charge in [-0.2, -0.15) is 9.97 Å². The van der Waals surface area contributed by atoms with Gasteiger partial charge in [0.05, 0.1) is 24.1 Å². The fourth-order valence-electron chi connectivity index (χ4n) is 4.28. The molecular formula is C21H23FN6O2. The molecule has 0 amide bonds. The number of imidazole rings is 1. The lowest BCUT2D eigenvalue weighted by Gasteiger charge is -2.37. The highest BCUT2D eigenvalue weighted by Crippen LogP contribution is 2.36. The first-order valence-corrected chi connectivity index (χ1v) is 10.0. The third kappa shape index (κ3) is 3.06. The van der Waals surface area contributed by atoms with Gasteiger partial charge in [0.15, 0.2) is 11.5 Å². The fourth-order valence-corrected chi connectivity index (χ4v) is 4.28. The molecule has 8 nitrogen and oxygen atoms in total. The van der Waals surface area contributed by atoms with E-state index in [-0.39, 0.29) is 11.7 Å². The van der Waals surface area contributed by atoms with Gasteiger partial charge >= 0.3 is 0 Å². The number of hydrogen-bond donors (Lipinski definition) is 3. The van der Waals surface area contributed by atoms with Gasteiger partial charge < -0.3 is 24.5 Å². The molecule has 30 heavy (non-hydrogen) atoms. The second kappa shape index (κ2) is 6.94. The number of fused-ring (bicyclic) bond motifs is 2. The van der Waals surface area contributed by atoms with E-state index in [2.05, 4.69) is 25.3 Å². The maximum atomic E-state index is 14.5. The number of rotatable bonds is 4. The number of H-pyrrole nitrogens is 1. The summed E-state index contributed by atoms with van der Waals surface area (Å²) in [6, 6.07) is 1.30. The molecule has 0 aromatic carbocycles. The number of aromatic nitrogens is 5. The second-order valence-corrected chi connectivity index (χ2v) is 8.02. The lowest BCUT2D eigenvalue weighted by atomic mass is 9.82. The highest BCUT2D eigenvalue weighted by atomic mass is 19.1. The van der Waals surface area contributed by atoms with Gasteiger partial charge in [0.25, 0.3) is 0 Å². The minimum atomic E-state index is -0.817. The van der Waals surface area contributed by atoms with Crippen molar-refractivity contribution in [2.24, 2.45) is 0 Å². The van der Waals surface area contributed by atoms with E-state index in [0.717, 1.165) is 31.2 Å². The van der Waals surface area contributed by atoms with Crippen LogP contribution in [0.3, 0.4) is 0 Å². The molecule has 5 rings (SSSR count). The Morgan fingerprint density at radius 2 is 2.23 bits per heavy atom. The quantitative estimate of drug-likeness (QED) is 0.476. The van der Waals surface area contributed by atoms with Crippen LogP contribution in [-0.4, -0.2) is 48.2 Å². The molecule has 3 N–H and O–H groups in total. The predicted octanol–water partition coefficient (Wildman–Crippen LogP) is 3.53. The predicted molar refractivity (Wildman–Crippen MR) is 111 cm³/mol. The summed E-state index contributed by atoms with van der Waals surface area (Å²) >= 11 is 0. The summed E-state index contributed by atoms with van der Waals surface area (Å²) in [6.07, 6.45) is 10.4. The molecule has 2 atom stereocenters. The summed E-state index contributed by atoms with van der Waals surface area (Å²) in [7, 11) is 1.54. The van der Waals surface area contributed by atoms with Crippen LogP contribution in [-0.2, 0) is 0 Å². The van der Waals surface area contributed by atoms with Gasteiger partial charge in [0.2, 0.25) is 11.8 Å². The van der Waals surface area contributed by atoms with Crippen LogP contribution in [0.2, 0.25) is 0 Å². The molecule has 0 saturated heterocycles. The van der Waals surface area contributed by atoms with Gasteiger partial charge in [-0.15, -0.1) is 0 Å². The molecule has 4 heterocycles. The van der Waals surface area contributed by atoms with E-state index in [0.29, 0.717) is 28.4 Å². The molecule has 1 aliphatic carbocycles. The Morgan fingerprint density at radius 1 is 1.37 bits per heavy atom. The highest BCUT2D eigenvalue weighted by Gasteiger charge is 2.35. The molecule has 156 valence electrons. The second-order valence-electron chi connectivity index (χ2n) is 8.02. The van der Waals surface area contributed by atoms with Gasteiger partial charge in [-0.1, -0.05) is 12.8 Å². The Morgan fingerprint density at radius 3 is 3.03 bits per heavy atom. The van der Waals surface area contributed by atoms with Crippen molar-refractivity contribution >= 4 is 22.6 Å². The normalized spacial score (nSPS) is 21.9. The molecule has 1 saturated carbocycles. The summed E-state index contributed by atoms with van der Waals surface area (Å²) in [5, 5.41) is 14.6. The first-order valence-electron chi connectivity index (χ1n) is 10.0. The van der Waals surface area contributed by atoms with E-state index >= 15 is 0 Å². The van der Waals surface area contributed by atoms with Crippen molar-refractivity contribution in [1.29, 1.82) is 0 Å². The largest absolute Gasteiger partial charge is 0.480 e. The SMILES string of the molecule is COc1nc(NC2CCCCC2(C)O)nc2[nH]cc(-c3cc(F)c4nccn4c3)c12. The maximum absolute atomic E-state index is 14.5. The van der Waals surface area contributed by atoms with Crippen LogP contribution in [0.4, 0.5) is 10.3 Å². The van der Waals surface area contributed by atoms with E-state index in [9.17, 15) is 9.50 Å². The third-order valence-corrected chi connectivity index (χ3v) is 5.93. The Hall–Kier alpha value is -3.20. The van der Waals surface area contributed by atoms with Gasteiger partial charge in [-0.05, 0) is 25.8 Å². The standard InChI is InChI=1S/C21H23FN6O2/c1-21(29)6-4-3-5-15(21)25-20-26-17-16(19(27-20)30-2)13(10-24-17)12-9-14(22)18-23-7-8-28(18)11-12/h7-11,15,29H,3-6H2,1-2H3,(H2,24,25,26,27). The van der Waals surface area contributed by atoms with E-state index in [1.54, 1.807) is 36.3 Å². The van der Waals surface area contributed by atoms with Crippen molar-refractivity contribution in [3.8, 4) is 17.0 Å². The van der Waals surface area contributed by atoms with E-state index < -0.39 is 11.4 Å². The first kappa shape index (κ1) is 18.8. The molecule has 0 spiro atoms. The lowest BCUT2D eigenvalue weighted by Crippen LogP contribution is -2.47. The number of nitrogens with one attached hydrogen (secondary N) is 2. The summed E-state index contributed by atoms with van der Waals surface area (Å²) in [4.78, 5) is 16.3. The zero-order valence-electron chi connectivity index (χ0n) is 16.8. The smallest absolute Gasteiger partial charge is 0.228 e. The fraction of sp³-hybridized carbons (Fsp3) is 0.381. The molecule has 9 heteroatoms. The maximum Gasteiger partial charge on any atom is 0.228 e. The summed E-state index contributed by atoms with van der Waals surface area (Å²) in [5.74, 6) is 0.348. The number of aliphatic hydroxyl groups is 1. The third-order valence-electron chi connectivity index (χ3n) is 5.93. The molecule has 0 bridgehead atoms. The average Bonchev–Trinajstić information content (AvgIpc) is 3.36. The number of aromatic amines is 1. The number of pyridine rings is 1. The van der Waals surface area contributed by atoms with Crippen molar-refractivity contribution in [2.45, 2.75) is 44.2 Å². The minimum absolute atomic E-state index is 0.138. The Kier molecular flexibility index (Phi) is 4.35. The van der Waals surface area contributed by atoms with Gasteiger partial charge in [-0.3, -0.25) is 0 Å². The molecule has 1 fully saturated rings. The molecule has 1 aliphatic rings. The van der Waals surface area contributed by atoms with Gasteiger partial charge in [-0.25, -0.2) is 9.37 Å². The van der Waals surface area contributed by atoms with Crippen molar-refractivity contribution in [1.82, 2.24) is 24.3 Å². The number of methoxy groups -OCH3 is 1. The van der Waals surface area contributed by atoms with E-state index in [4.69, 9.17) is 4.74 Å². The summed E-state index contributed by atoms with van der Waals surface area (Å²) in [5.41, 5.74) is 1.41.